The van der Waals surface area contributed by atoms with E-state index in [4.69, 9.17) is 4.74 Å². The zero-order valence-corrected chi connectivity index (χ0v) is 17.7. The number of sulfonamides is 1. The van der Waals surface area contributed by atoms with Gasteiger partial charge in [-0.1, -0.05) is 32.0 Å². The Morgan fingerprint density at radius 2 is 1.76 bits per heavy atom. The van der Waals surface area contributed by atoms with Gasteiger partial charge in [-0.25, -0.2) is 8.42 Å². The lowest BCUT2D eigenvalue weighted by molar-refractivity contribution is -0.118. The van der Waals surface area contributed by atoms with Gasteiger partial charge in [0.1, 0.15) is 5.75 Å². The number of hydrogen-bond donors (Lipinski definition) is 1. The molecule has 3 rings (SSSR count). The Morgan fingerprint density at radius 3 is 2.41 bits per heavy atom. The molecule has 0 aliphatic carbocycles. The lowest BCUT2D eigenvalue weighted by Gasteiger charge is -2.29. The molecular weight excluding hydrogens is 388 g/mol. The van der Waals surface area contributed by atoms with Gasteiger partial charge < -0.3 is 10.1 Å². The maximum Gasteiger partial charge on any atom is 0.262 e. The minimum absolute atomic E-state index is 0.145. The maximum atomic E-state index is 12.8. The average molecular weight is 417 g/mol. The molecule has 7 heteroatoms. The lowest BCUT2D eigenvalue weighted by atomic mass is 10.0. The predicted molar refractivity (Wildman–Crippen MR) is 114 cm³/mol. The van der Waals surface area contributed by atoms with Crippen LogP contribution in [0.25, 0.3) is 0 Å². The third-order valence-corrected chi connectivity index (χ3v) is 7.16. The van der Waals surface area contributed by atoms with Crippen molar-refractivity contribution in [1.82, 2.24) is 4.31 Å². The molecule has 1 aliphatic heterocycles. The quantitative estimate of drug-likeness (QED) is 0.747. The minimum atomic E-state index is -3.48. The first kappa shape index (κ1) is 21.3. The summed E-state index contributed by atoms with van der Waals surface area (Å²) < 4.78 is 32.6. The van der Waals surface area contributed by atoms with Crippen molar-refractivity contribution in [2.75, 3.05) is 25.0 Å². The Balaban J connectivity index is 1.57. The summed E-state index contributed by atoms with van der Waals surface area (Å²) in [5.41, 5.74) is 1.84. The number of rotatable bonds is 7. The van der Waals surface area contributed by atoms with E-state index in [2.05, 4.69) is 12.2 Å². The summed E-state index contributed by atoms with van der Waals surface area (Å²) in [5.74, 6) is 0.757. The fourth-order valence-corrected chi connectivity index (χ4v) is 4.84. The normalized spacial score (nSPS) is 15.8. The molecule has 0 radical (unpaired) electrons. The molecule has 2 aromatic rings. The van der Waals surface area contributed by atoms with E-state index in [0.29, 0.717) is 24.8 Å². The molecule has 1 saturated heterocycles. The second-order valence-electron chi connectivity index (χ2n) is 7.41. The second-order valence-corrected chi connectivity index (χ2v) is 9.34. The van der Waals surface area contributed by atoms with Gasteiger partial charge in [0.25, 0.3) is 5.91 Å². The lowest BCUT2D eigenvalue weighted by Crippen LogP contribution is -2.37. The summed E-state index contributed by atoms with van der Waals surface area (Å²) >= 11 is 0. The Kier molecular flexibility index (Phi) is 6.92. The van der Waals surface area contributed by atoms with E-state index in [1.807, 2.05) is 31.2 Å². The van der Waals surface area contributed by atoms with Gasteiger partial charge in [0.2, 0.25) is 10.0 Å². The number of hydrogen-bond acceptors (Lipinski definition) is 4. The standard InChI is InChI=1S/C22H28N2O4S/c1-3-18-6-4-5-7-21(18)23-22(25)16-28-19-8-10-20(11-9-19)29(26,27)24-14-12-17(2)13-15-24/h4-11,17H,3,12-16H2,1-2H3,(H,23,25). The largest absolute Gasteiger partial charge is 0.484 e. The number of anilines is 1. The number of nitrogens with one attached hydrogen (secondary N) is 1. The number of carbonyl (C=O) groups excluding carboxylic acids is 1. The molecule has 0 saturated carbocycles. The first-order valence-corrected chi connectivity index (χ1v) is 11.4. The highest BCUT2D eigenvalue weighted by atomic mass is 32.2. The van der Waals surface area contributed by atoms with Gasteiger partial charge in [0, 0.05) is 18.8 Å². The summed E-state index contributed by atoms with van der Waals surface area (Å²) in [6, 6.07) is 13.9. The molecule has 0 spiro atoms. The molecule has 29 heavy (non-hydrogen) atoms. The van der Waals surface area contributed by atoms with Gasteiger partial charge in [-0.3, -0.25) is 4.79 Å². The Morgan fingerprint density at radius 1 is 1.10 bits per heavy atom. The molecular formula is C22H28N2O4S. The van der Waals surface area contributed by atoms with E-state index in [9.17, 15) is 13.2 Å². The number of aryl methyl sites for hydroxylation is 1. The van der Waals surface area contributed by atoms with Crippen LogP contribution in [0, 0.1) is 5.92 Å². The third-order valence-electron chi connectivity index (χ3n) is 5.25. The highest BCUT2D eigenvalue weighted by Crippen LogP contribution is 2.25. The summed E-state index contributed by atoms with van der Waals surface area (Å²) in [6.07, 6.45) is 2.59. The molecule has 0 bridgehead atoms. The van der Waals surface area contributed by atoms with Crippen LogP contribution in [0.4, 0.5) is 5.69 Å². The minimum Gasteiger partial charge on any atom is -0.484 e. The fraction of sp³-hybridized carbons (Fsp3) is 0.409. The van der Waals surface area contributed by atoms with E-state index in [-0.39, 0.29) is 17.4 Å². The van der Waals surface area contributed by atoms with E-state index >= 15 is 0 Å². The first-order valence-electron chi connectivity index (χ1n) is 10.0. The van der Waals surface area contributed by atoms with Gasteiger partial charge in [0.05, 0.1) is 4.90 Å². The van der Waals surface area contributed by atoms with Gasteiger partial charge >= 0.3 is 0 Å². The molecule has 0 unspecified atom stereocenters. The zero-order chi connectivity index (χ0) is 20.9. The van der Waals surface area contributed by atoms with E-state index in [1.165, 1.54) is 12.1 Å². The number of para-hydroxylation sites is 1. The Labute approximate surface area is 172 Å². The van der Waals surface area contributed by atoms with Crippen LogP contribution in [0.2, 0.25) is 0 Å². The van der Waals surface area contributed by atoms with Crippen LogP contribution in [-0.4, -0.2) is 38.3 Å². The van der Waals surface area contributed by atoms with Gasteiger partial charge in [-0.2, -0.15) is 4.31 Å². The summed E-state index contributed by atoms with van der Waals surface area (Å²) in [6.45, 7) is 5.14. The van der Waals surface area contributed by atoms with Crippen LogP contribution in [0.3, 0.4) is 0 Å². The highest BCUT2D eigenvalue weighted by molar-refractivity contribution is 7.89. The van der Waals surface area contributed by atoms with Crippen LogP contribution < -0.4 is 10.1 Å². The molecule has 156 valence electrons. The average Bonchev–Trinajstić information content (AvgIpc) is 2.73. The van der Waals surface area contributed by atoms with E-state index in [0.717, 1.165) is 30.5 Å². The van der Waals surface area contributed by atoms with Crippen LogP contribution >= 0.6 is 0 Å². The summed E-state index contributed by atoms with van der Waals surface area (Å²) in [7, 11) is -3.48. The monoisotopic (exact) mass is 416 g/mol. The molecule has 1 fully saturated rings. The SMILES string of the molecule is CCc1ccccc1NC(=O)COc1ccc(S(=O)(=O)N2CCC(C)CC2)cc1. The van der Waals surface area contributed by atoms with Crippen molar-refractivity contribution in [3.63, 3.8) is 0 Å². The number of nitrogens with zero attached hydrogens (tertiary/aromatic N) is 1. The summed E-state index contributed by atoms with van der Waals surface area (Å²) in [4.78, 5) is 12.4. The molecule has 6 nitrogen and oxygen atoms in total. The van der Waals surface area contributed by atoms with Crippen molar-refractivity contribution in [2.24, 2.45) is 5.92 Å². The Bertz CT molecular complexity index is 934. The van der Waals surface area contributed by atoms with Crippen LogP contribution in [-0.2, 0) is 21.2 Å². The first-order chi connectivity index (χ1) is 13.9. The van der Waals surface area contributed by atoms with Crippen molar-refractivity contribution >= 4 is 21.6 Å². The fourth-order valence-electron chi connectivity index (χ4n) is 3.37. The van der Waals surface area contributed by atoms with Crippen LogP contribution in [0.5, 0.6) is 5.75 Å². The van der Waals surface area contributed by atoms with Gasteiger partial charge in [0.15, 0.2) is 6.61 Å². The molecule has 1 N–H and O–H groups in total. The molecule has 1 aliphatic rings. The van der Waals surface area contributed by atoms with Gasteiger partial charge in [-0.05, 0) is 61.1 Å². The highest BCUT2D eigenvalue weighted by Gasteiger charge is 2.27. The molecule has 0 aromatic heterocycles. The number of amides is 1. The van der Waals surface area contributed by atoms with Crippen molar-refractivity contribution in [1.29, 1.82) is 0 Å². The van der Waals surface area contributed by atoms with Crippen LogP contribution in [0.15, 0.2) is 53.4 Å². The smallest absolute Gasteiger partial charge is 0.262 e. The van der Waals surface area contributed by atoms with Crippen molar-refractivity contribution in [3.8, 4) is 5.75 Å². The maximum absolute atomic E-state index is 12.8. The third kappa shape index (κ3) is 5.36. The Hall–Kier alpha value is -2.38. The van der Waals surface area contributed by atoms with Crippen molar-refractivity contribution in [3.05, 3.63) is 54.1 Å². The zero-order valence-electron chi connectivity index (χ0n) is 16.9. The second kappa shape index (κ2) is 9.41. The number of ether oxygens (including phenoxy) is 1. The summed E-state index contributed by atoms with van der Waals surface area (Å²) in [5, 5.41) is 2.85. The van der Waals surface area contributed by atoms with E-state index < -0.39 is 10.0 Å². The van der Waals surface area contributed by atoms with Crippen molar-refractivity contribution < 1.29 is 17.9 Å². The van der Waals surface area contributed by atoms with Crippen LogP contribution in [0.1, 0.15) is 32.3 Å². The van der Waals surface area contributed by atoms with Crippen molar-refractivity contribution in [2.45, 2.75) is 38.0 Å². The molecule has 1 amide bonds. The number of carbonyl (C=O) groups is 1. The topological polar surface area (TPSA) is 75.7 Å². The number of benzene rings is 2. The number of piperidine rings is 1. The molecule has 2 aromatic carbocycles. The molecule has 1 heterocycles. The predicted octanol–water partition coefficient (Wildman–Crippen LogP) is 3.69. The molecule has 0 atom stereocenters. The van der Waals surface area contributed by atoms with E-state index in [1.54, 1.807) is 16.4 Å². The van der Waals surface area contributed by atoms with Gasteiger partial charge in [-0.15, -0.1) is 0 Å².